The molecule has 0 saturated carbocycles. The first kappa shape index (κ1) is 49.5. The maximum atomic E-state index is 12.7. The number of aliphatic carboxylic acids is 1. The molecule has 0 amide bonds. The smallest absolute Gasteiger partial charge is 0.306 e. The minimum Gasteiger partial charge on any atom is -0.544 e. The number of hydrogen-bond acceptors (Lipinski definition) is 7. The molecule has 0 aliphatic rings. The lowest BCUT2D eigenvalue weighted by Crippen LogP contribution is -2.55. The van der Waals surface area contributed by atoms with Crippen molar-refractivity contribution < 1.29 is 38.2 Å². The number of hydrogen-bond donors (Lipinski definition) is 0. The molecule has 0 fully saturated rings. The zero-order valence-corrected chi connectivity index (χ0v) is 33.9. The number of esters is 2. The van der Waals surface area contributed by atoms with Gasteiger partial charge in [-0.3, -0.25) is 9.59 Å². The molecule has 8 heteroatoms. The number of ether oxygens (including phenoxy) is 3. The molecule has 0 N–H and O–H groups in total. The Morgan fingerprint density at radius 1 is 0.566 bits per heavy atom. The van der Waals surface area contributed by atoms with Crippen LogP contribution in [0.1, 0.15) is 129 Å². The third-order valence-electron chi connectivity index (χ3n) is 8.28. The fourth-order valence-corrected chi connectivity index (χ4v) is 5.19. The Morgan fingerprint density at radius 2 is 1.00 bits per heavy atom. The van der Waals surface area contributed by atoms with Crippen molar-refractivity contribution in [3.63, 3.8) is 0 Å². The van der Waals surface area contributed by atoms with E-state index in [4.69, 9.17) is 14.2 Å². The van der Waals surface area contributed by atoms with Crippen LogP contribution in [0.2, 0.25) is 0 Å². The number of likely N-dealkylation sites (N-methyl/N-ethyl adjacent to an activating group) is 1. The molecule has 8 nitrogen and oxygen atoms in total. The minimum atomic E-state index is -1.14. The summed E-state index contributed by atoms with van der Waals surface area (Å²) in [6, 6.07) is -0.738. The molecule has 0 saturated heterocycles. The lowest BCUT2D eigenvalue weighted by Gasteiger charge is -2.34. The number of rotatable bonds is 34. The van der Waals surface area contributed by atoms with Crippen LogP contribution >= 0.6 is 0 Å². The second-order valence-electron chi connectivity index (χ2n) is 14.1. The highest BCUT2D eigenvalue weighted by Crippen LogP contribution is 2.11. The number of nitrogens with zero attached hydrogens (tertiary/aromatic N) is 1. The average molecular weight is 740 g/mol. The minimum absolute atomic E-state index is 0.0143. The van der Waals surface area contributed by atoms with Crippen LogP contribution < -0.4 is 5.11 Å². The highest BCUT2D eigenvalue weighted by molar-refractivity contribution is 5.70. The van der Waals surface area contributed by atoms with E-state index < -0.39 is 18.1 Å². The van der Waals surface area contributed by atoms with Gasteiger partial charge in [0.05, 0.1) is 40.3 Å². The van der Waals surface area contributed by atoms with Gasteiger partial charge in [0, 0.05) is 19.3 Å². The number of carbonyl (C=O) groups excluding carboxylic acids is 3. The van der Waals surface area contributed by atoms with Crippen LogP contribution in [-0.2, 0) is 28.6 Å². The van der Waals surface area contributed by atoms with Crippen LogP contribution in [0.15, 0.2) is 85.1 Å². The SMILES string of the molecule is CC/C=C/C/C=C/C/C=C/C/C=C/C/C=C/CCCCCCC(=O)OC(COCCC(C(=O)[O-])[N+](C)(C)C)COC(=O)CCCC/C=C/C/C=C/CC. The van der Waals surface area contributed by atoms with Gasteiger partial charge in [-0.05, 0) is 83.5 Å². The Bertz CT molecular complexity index is 1140. The topological polar surface area (TPSA) is 102 Å². The van der Waals surface area contributed by atoms with E-state index in [1.54, 1.807) is 21.1 Å². The average Bonchev–Trinajstić information content (AvgIpc) is 3.11. The summed E-state index contributed by atoms with van der Waals surface area (Å²) in [6.45, 7) is 4.32. The van der Waals surface area contributed by atoms with Crippen molar-refractivity contribution >= 4 is 17.9 Å². The molecule has 0 aromatic rings. The van der Waals surface area contributed by atoms with Crippen molar-refractivity contribution in [1.82, 2.24) is 0 Å². The molecule has 0 spiro atoms. The third-order valence-corrected chi connectivity index (χ3v) is 8.28. The Labute approximate surface area is 323 Å². The van der Waals surface area contributed by atoms with Gasteiger partial charge in [0.25, 0.3) is 0 Å². The number of carboxylic acids is 1. The number of quaternary nitrogens is 1. The molecular weight excluding hydrogens is 666 g/mol. The van der Waals surface area contributed by atoms with E-state index in [0.717, 1.165) is 89.9 Å². The monoisotopic (exact) mass is 740 g/mol. The standard InChI is InChI=1S/C45H73NO7/c1-6-8-10-12-14-16-17-18-19-20-21-22-23-24-25-26-28-30-32-34-36-44(48)53-41(39-51-38-37-42(45(49)50)46(3,4)5)40-52-43(47)35-33-31-29-27-15-13-11-9-7-2/h8-11,14-16,18-19,21-22,24-25,27,41-42H,6-7,12-13,17,20,23,26,28-40H2,1-5H3/b10-8+,11-9+,16-14+,19-18+,22-21+,25-24+,27-15+. The van der Waals surface area contributed by atoms with Crippen LogP contribution in [0.3, 0.4) is 0 Å². The Kier molecular flexibility index (Phi) is 33.2. The van der Waals surface area contributed by atoms with Crippen LogP contribution in [0.5, 0.6) is 0 Å². The first-order chi connectivity index (χ1) is 25.6. The number of allylic oxidation sites excluding steroid dienone is 14. The highest BCUT2D eigenvalue weighted by Gasteiger charge is 2.25. The largest absolute Gasteiger partial charge is 0.544 e. The predicted octanol–water partition coefficient (Wildman–Crippen LogP) is 9.24. The van der Waals surface area contributed by atoms with Crippen LogP contribution in [0.4, 0.5) is 0 Å². The van der Waals surface area contributed by atoms with Crippen LogP contribution in [-0.4, -0.2) is 75.5 Å². The van der Waals surface area contributed by atoms with Gasteiger partial charge >= 0.3 is 11.9 Å². The molecule has 0 aromatic carbocycles. The van der Waals surface area contributed by atoms with Crippen molar-refractivity contribution in [3.8, 4) is 0 Å². The fourth-order valence-electron chi connectivity index (χ4n) is 5.19. The molecule has 0 radical (unpaired) electrons. The first-order valence-electron chi connectivity index (χ1n) is 20.1. The third kappa shape index (κ3) is 34.1. The first-order valence-corrected chi connectivity index (χ1v) is 20.1. The van der Waals surface area contributed by atoms with Crippen LogP contribution in [0.25, 0.3) is 0 Å². The van der Waals surface area contributed by atoms with Crippen molar-refractivity contribution in [2.75, 3.05) is 41.0 Å². The summed E-state index contributed by atoms with van der Waals surface area (Å²) in [5, 5.41) is 11.6. The van der Waals surface area contributed by atoms with E-state index in [2.05, 4.69) is 98.9 Å². The Balaban J connectivity index is 4.44. The zero-order chi connectivity index (χ0) is 39.3. The van der Waals surface area contributed by atoms with Crippen molar-refractivity contribution in [1.29, 1.82) is 0 Å². The Hall–Kier alpha value is -3.49. The zero-order valence-electron chi connectivity index (χ0n) is 33.9. The summed E-state index contributed by atoms with van der Waals surface area (Å²) in [5.41, 5.74) is 0. The summed E-state index contributed by atoms with van der Waals surface area (Å²) < 4.78 is 17.0. The van der Waals surface area contributed by atoms with E-state index in [0.29, 0.717) is 12.8 Å². The summed E-state index contributed by atoms with van der Waals surface area (Å²) in [7, 11) is 5.37. The van der Waals surface area contributed by atoms with E-state index in [9.17, 15) is 19.5 Å². The van der Waals surface area contributed by atoms with Crippen molar-refractivity contribution in [2.45, 2.75) is 142 Å². The van der Waals surface area contributed by atoms with Gasteiger partial charge in [0.15, 0.2) is 6.10 Å². The van der Waals surface area contributed by atoms with Gasteiger partial charge in [-0.1, -0.05) is 112 Å². The molecule has 0 aliphatic heterocycles. The maximum absolute atomic E-state index is 12.7. The quantitative estimate of drug-likeness (QED) is 0.0281. The number of unbranched alkanes of at least 4 members (excludes halogenated alkanes) is 6. The summed E-state index contributed by atoms with van der Waals surface area (Å²) in [4.78, 5) is 36.6. The molecule has 0 heterocycles. The summed E-state index contributed by atoms with van der Waals surface area (Å²) in [6.07, 6.45) is 44.8. The highest BCUT2D eigenvalue weighted by atomic mass is 16.6. The molecule has 53 heavy (non-hydrogen) atoms. The molecule has 300 valence electrons. The van der Waals surface area contributed by atoms with E-state index >= 15 is 0 Å². The normalized spacial score (nSPS) is 13.9. The van der Waals surface area contributed by atoms with Gasteiger partial charge in [-0.25, -0.2) is 0 Å². The fraction of sp³-hybridized carbons (Fsp3) is 0.622. The molecule has 2 atom stereocenters. The second kappa shape index (κ2) is 35.5. The molecule has 0 aromatic heterocycles. The molecular formula is C45H73NO7. The summed E-state index contributed by atoms with van der Waals surface area (Å²) >= 11 is 0. The lowest BCUT2D eigenvalue weighted by molar-refractivity contribution is -0.889. The van der Waals surface area contributed by atoms with Gasteiger partial charge in [0.1, 0.15) is 12.6 Å². The van der Waals surface area contributed by atoms with E-state index in [1.807, 2.05) is 0 Å². The second-order valence-corrected chi connectivity index (χ2v) is 14.1. The number of carbonyl (C=O) groups is 3. The summed E-state index contributed by atoms with van der Waals surface area (Å²) in [5.74, 6) is -1.83. The van der Waals surface area contributed by atoms with Crippen molar-refractivity contribution in [2.24, 2.45) is 0 Å². The van der Waals surface area contributed by atoms with E-state index in [-0.39, 0.29) is 49.1 Å². The van der Waals surface area contributed by atoms with E-state index in [1.165, 1.54) is 0 Å². The maximum Gasteiger partial charge on any atom is 0.306 e. The van der Waals surface area contributed by atoms with Gasteiger partial charge < -0.3 is 28.6 Å². The van der Waals surface area contributed by atoms with Gasteiger partial charge in [-0.2, -0.15) is 0 Å². The Morgan fingerprint density at radius 3 is 1.49 bits per heavy atom. The molecule has 0 bridgehead atoms. The number of carboxylic acid groups (broad SMARTS) is 1. The van der Waals surface area contributed by atoms with Gasteiger partial charge in [-0.15, -0.1) is 0 Å². The molecule has 2 unspecified atom stereocenters. The lowest BCUT2D eigenvalue weighted by atomic mass is 10.1. The van der Waals surface area contributed by atoms with Crippen LogP contribution in [0, 0.1) is 0 Å². The molecule has 0 aliphatic carbocycles. The van der Waals surface area contributed by atoms with Gasteiger partial charge in [0.2, 0.25) is 0 Å². The van der Waals surface area contributed by atoms with Crippen molar-refractivity contribution in [3.05, 3.63) is 85.1 Å². The predicted molar refractivity (Wildman–Crippen MR) is 217 cm³/mol. The molecule has 0 rings (SSSR count).